The van der Waals surface area contributed by atoms with Gasteiger partial charge in [0.15, 0.2) is 11.6 Å². The minimum absolute atomic E-state index is 0.379. The van der Waals surface area contributed by atoms with Crippen LogP contribution in [0.3, 0.4) is 0 Å². The van der Waals surface area contributed by atoms with E-state index >= 15 is 0 Å². The maximum Gasteiger partial charge on any atom is 0.238 e. The van der Waals surface area contributed by atoms with E-state index in [1.54, 1.807) is 0 Å². The third-order valence-electron chi connectivity index (χ3n) is 11.8. The first-order valence-electron chi connectivity index (χ1n) is 20.1. The van der Waals surface area contributed by atoms with Crippen molar-refractivity contribution in [3.8, 4) is 51.0 Å². The lowest BCUT2D eigenvalue weighted by atomic mass is 9.72. The summed E-state index contributed by atoms with van der Waals surface area (Å²) in [7, 11) is 0. The number of rotatable bonds is 6. The van der Waals surface area contributed by atoms with Crippen molar-refractivity contribution in [2.24, 2.45) is 0 Å². The highest BCUT2D eigenvalue weighted by Crippen LogP contribution is 2.55. The first kappa shape index (κ1) is 34.6. The molecule has 5 heteroatoms. The van der Waals surface area contributed by atoms with E-state index in [0.717, 1.165) is 66.6 Å². The Morgan fingerprint density at radius 2 is 0.932 bits per heavy atom. The van der Waals surface area contributed by atoms with Gasteiger partial charge in [-0.2, -0.15) is 9.97 Å². The molecule has 10 aromatic rings. The van der Waals surface area contributed by atoms with Gasteiger partial charge in [-0.3, -0.25) is 4.57 Å². The molecule has 0 aliphatic carbocycles. The Bertz CT molecular complexity index is 3090. The standard InChI is InChI=1S/C54H39N5/c1-54(2)45-29-13-15-31-47(45)58(42-26-10-5-11-27-42)48-33-32-44-43-28-12-14-30-46(43)59(50(44)49(48)54)53-56-51(40-24-16-22-38(34-40)36-18-6-3-7-19-36)55-52(57-53)41-25-17-23-39(35-41)37-20-8-4-9-21-37/h3-35H,1-2H3. The predicted octanol–water partition coefficient (Wildman–Crippen LogP) is 13.7. The molecule has 0 bridgehead atoms. The maximum absolute atomic E-state index is 5.43. The SMILES string of the molecule is CC1(C)c2ccccc2N(c2ccccc2)c2ccc3c4ccccc4n(-c4nc(-c5cccc(-c6ccccc6)c5)nc(-c5cccc(-c6ccccc6)c5)n4)c3c21. The van der Waals surface area contributed by atoms with Crippen molar-refractivity contribution in [2.45, 2.75) is 19.3 Å². The lowest BCUT2D eigenvalue weighted by molar-refractivity contribution is 0.635. The third kappa shape index (κ3) is 5.73. The van der Waals surface area contributed by atoms with Crippen molar-refractivity contribution < 1.29 is 0 Å². The van der Waals surface area contributed by atoms with Crippen molar-refractivity contribution >= 4 is 38.9 Å². The fourth-order valence-electron chi connectivity index (χ4n) is 9.03. The van der Waals surface area contributed by atoms with E-state index in [2.05, 4.69) is 211 Å². The third-order valence-corrected chi connectivity index (χ3v) is 11.8. The lowest BCUT2D eigenvalue weighted by Crippen LogP contribution is -2.31. The molecule has 0 saturated carbocycles. The molecule has 0 fully saturated rings. The zero-order valence-electron chi connectivity index (χ0n) is 32.8. The molecule has 0 amide bonds. The van der Waals surface area contributed by atoms with Crippen molar-refractivity contribution in [2.75, 3.05) is 4.90 Å². The van der Waals surface area contributed by atoms with Crippen LogP contribution < -0.4 is 4.90 Å². The highest BCUT2D eigenvalue weighted by molar-refractivity contribution is 6.13. The van der Waals surface area contributed by atoms with Crippen LogP contribution in [-0.4, -0.2) is 19.5 Å². The van der Waals surface area contributed by atoms with Crippen molar-refractivity contribution in [1.29, 1.82) is 0 Å². The van der Waals surface area contributed by atoms with E-state index in [4.69, 9.17) is 15.0 Å². The van der Waals surface area contributed by atoms with Gasteiger partial charge in [-0.25, -0.2) is 4.98 Å². The Labute approximate surface area is 343 Å². The van der Waals surface area contributed by atoms with E-state index in [0.29, 0.717) is 17.6 Å². The minimum atomic E-state index is -0.379. The Hall–Kier alpha value is -7.63. The van der Waals surface area contributed by atoms with Crippen molar-refractivity contribution in [1.82, 2.24) is 19.5 Å². The molecule has 3 heterocycles. The van der Waals surface area contributed by atoms with E-state index < -0.39 is 0 Å². The van der Waals surface area contributed by atoms with Gasteiger partial charge in [-0.05, 0) is 70.3 Å². The highest BCUT2D eigenvalue weighted by Gasteiger charge is 2.40. The molecule has 0 spiro atoms. The molecular weight excluding hydrogens is 719 g/mol. The number of para-hydroxylation sites is 3. The summed E-state index contributed by atoms with van der Waals surface area (Å²) >= 11 is 0. The predicted molar refractivity (Wildman–Crippen MR) is 243 cm³/mol. The van der Waals surface area contributed by atoms with Gasteiger partial charge in [0.25, 0.3) is 0 Å². The van der Waals surface area contributed by atoms with Crippen LogP contribution in [0.15, 0.2) is 200 Å². The maximum atomic E-state index is 5.43. The summed E-state index contributed by atoms with van der Waals surface area (Å²) in [6, 6.07) is 70.7. The summed E-state index contributed by atoms with van der Waals surface area (Å²) in [4.78, 5) is 18.5. The molecule has 59 heavy (non-hydrogen) atoms. The van der Waals surface area contributed by atoms with Crippen LogP contribution in [0.2, 0.25) is 0 Å². The molecule has 0 atom stereocenters. The average Bonchev–Trinajstić information content (AvgIpc) is 3.64. The Kier molecular flexibility index (Phi) is 8.09. The Balaban J connectivity index is 1.22. The quantitative estimate of drug-likeness (QED) is 0.169. The van der Waals surface area contributed by atoms with Crippen LogP contribution in [0.4, 0.5) is 17.1 Å². The molecule has 11 rings (SSSR count). The van der Waals surface area contributed by atoms with Gasteiger partial charge in [0.05, 0.1) is 22.4 Å². The second-order valence-electron chi connectivity index (χ2n) is 15.7. The largest absolute Gasteiger partial charge is 0.310 e. The molecule has 0 N–H and O–H groups in total. The molecule has 2 aromatic heterocycles. The summed E-state index contributed by atoms with van der Waals surface area (Å²) in [5, 5.41) is 2.30. The molecule has 1 aliphatic rings. The fraction of sp³-hybridized carbons (Fsp3) is 0.0556. The highest BCUT2D eigenvalue weighted by atomic mass is 15.2. The van der Waals surface area contributed by atoms with Gasteiger partial charge in [0.1, 0.15) is 0 Å². The molecule has 0 radical (unpaired) electrons. The van der Waals surface area contributed by atoms with E-state index in [1.165, 1.54) is 16.8 Å². The van der Waals surface area contributed by atoms with Crippen LogP contribution in [0.1, 0.15) is 25.0 Å². The minimum Gasteiger partial charge on any atom is -0.310 e. The number of anilines is 3. The molecule has 1 aliphatic heterocycles. The van der Waals surface area contributed by atoms with E-state index in [9.17, 15) is 0 Å². The smallest absolute Gasteiger partial charge is 0.238 e. The van der Waals surface area contributed by atoms with E-state index in [1.807, 2.05) is 12.1 Å². The zero-order valence-corrected chi connectivity index (χ0v) is 32.8. The number of benzene rings is 8. The number of hydrogen-bond acceptors (Lipinski definition) is 4. The second kappa shape index (κ2) is 13.8. The summed E-state index contributed by atoms with van der Waals surface area (Å²) < 4.78 is 2.29. The zero-order chi connectivity index (χ0) is 39.5. The monoisotopic (exact) mass is 757 g/mol. The number of fused-ring (bicyclic) bond motifs is 6. The summed E-state index contributed by atoms with van der Waals surface area (Å²) in [6.45, 7) is 4.70. The Morgan fingerprint density at radius 3 is 1.58 bits per heavy atom. The number of nitrogens with zero attached hydrogens (tertiary/aromatic N) is 5. The van der Waals surface area contributed by atoms with Crippen LogP contribution in [0, 0.1) is 0 Å². The molecule has 0 unspecified atom stereocenters. The van der Waals surface area contributed by atoms with Crippen LogP contribution >= 0.6 is 0 Å². The van der Waals surface area contributed by atoms with Gasteiger partial charge >= 0.3 is 0 Å². The van der Waals surface area contributed by atoms with Gasteiger partial charge in [0.2, 0.25) is 5.95 Å². The van der Waals surface area contributed by atoms with Crippen LogP contribution in [0.25, 0.3) is 72.8 Å². The fourth-order valence-corrected chi connectivity index (χ4v) is 9.03. The topological polar surface area (TPSA) is 46.8 Å². The summed E-state index contributed by atoms with van der Waals surface area (Å²) in [5.74, 6) is 1.79. The van der Waals surface area contributed by atoms with Crippen molar-refractivity contribution in [3.05, 3.63) is 211 Å². The van der Waals surface area contributed by atoms with Crippen LogP contribution in [-0.2, 0) is 5.41 Å². The summed E-state index contributed by atoms with van der Waals surface area (Å²) in [5.41, 5.74) is 14.0. The molecule has 280 valence electrons. The Morgan fingerprint density at radius 1 is 0.407 bits per heavy atom. The molecule has 5 nitrogen and oxygen atoms in total. The first-order chi connectivity index (χ1) is 29.0. The lowest BCUT2D eigenvalue weighted by Gasteiger charge is -2.42. The molecule has 0 saturated heterocycles. The first-order valence-corrected chi connectivity index (χ1v) is 20.1. The number of hydrogen-bond donors (Lipinski definition) is 0. The number of aromatic nitrogens is 4. The summed E-state index contributed by atoms with van der Waals surface area (Å²) in [6.07, 6.45) is 0. The van der Waals surface area contributed by atoms with Gasteiger partial charge in [-0.1, -0.05) is 172 Å². The van der Waals surface area contributed by atoms with Crippen molar-refractivity contribution in [3.63, 3.8) is 0 Å². The second-order valence-corrected chi connectivity index (χ2v) is 15.7. The van der Waals surface area contributed by atoms with Gasteiger partial charge < -0.3 is 4.90 Å². The average molecular weight is 758 g/mol. The van der Waals surface area contributed by atoms with E-state index in [-0.39, 0.29) is 5.41 Å². The van der Waals surface area contributed by atoms with Crippen LogP contribution in [0.5, 0.6) is 0 Å². The molecular formula is C54H39N5. The molecule has 8 aromatic carbocycles. The normalized spacial score (nSPS) is 13.0. The van der Waals surface area contributed by atoms with Gasteiger partial charge in [0, 0.05) is 38.6 Å². The van der Waals surface area contributed by atoms with Gasteiger partial charge in [-0.15, -0.1) is 0 Å².